The molecule has 1 heterocycles. The van der Waals surface area contributed by atoms with Gasteiger partial charge in [-0.3, -0.25) is 14.4 Å². The summed E-state index contributed by atoms with van der Waals surface area (Å²) in [7, 11) is 1.32. The van der Waals surface area contributed by atoms with Crippen LogP contribution in [0.2, 0.25) is 0 Å². The van der Waals surface area contributed by atoms with Crippen LogP contribution >= 0.6 is 0 Å². The van der Waals surface area contributed by atoms with Gasteiger partial charge in [-0.2, -0.15) is 0 Å². The molecule has 0 aliphatic heterocycles. The summed E-state index contributed by atoms with van der Waals surface area (Å²) in [5.41, 5.74) is 4.07. The van der Waals surface area contributed by atoms with Gasteiger partial charge in [0.15, 0.2) is 6.61 Å². The molecule has 8 nitrogen and oxygen atoms in total. The molecule has 1 aromatic heterocycles. The molecule has 0 bridgehead atoms. The molecule has 35 heavy (non-hydrogen) atoms. The van der Waals surface area contributed by atoms with E-state index in [0.29, 0.717) is 16.8 Å². The maximum atomic E-state index is 12.7. The minimum Gasteiger partial charge on any atom is -0.465 e. The molecule has 0 radical (unpaired) electrons. The first kappa shape index (κ1) is 25.4. The Morgan fingerprint density at radius 2 is 1.63 bits per heavy atom. The van der Waals surface area contributed by atoms with Crippen molar-refractivity contribution >= 4 is 23.6 Å². The highest BCUT2D eigenvalue weighted by molar-refractivity contribution is 5.99. The van der Waals surface area contributed by atoms with Crippen LogP contribution in [0.4, 0.5) is 0 Å². The SMILES string of the molecule is COC(=O)c1ccc(-n2c(C)cc(C(=O)COC(=O)CCNC(=O)Cc3ccccc3)c2C)cc1. The van der Waals surface area contributed by atoms with Crippen LogP contribution in [0, 0.1) is 13.8 Å². The molecule has 1 N–H and O–H groups in total. The number of methoxy groups -OCH3 is 1. The molecule has 0 saturated carbocycles. The largest absolute Gasteiger partial charge is 0.465 e. The Morgan fingerprint density at radius 3 is 2.29 bits per heavy atom. The molecule has 0 aliphatic rings. The number of hydrogen-bond acceptors (Lipinski definition) is 6. The number of aryl methyl sites for hydroxylation is 1. The molecule has 0 spiro atoms. The van der Waals surface area contributed by atoms with Gasteiger partial charge in [-0.25, -0.2) is 4.79 Å². The number of carbonyl (C=O) groups is 4. The number of carbonyl (C=O) groups excluding carboxylic acids is 4. The maximum Gasteiger partial charge on any atom is 0.337 e. The third-order valence-corrected chi connectivity index (χ3v) is 5.50. The van der Waals surface area contributed by atoms with Gasteiger partial charge in [-0.15, -0.1) is 0 Å². The molecule has 8 heteroatoms. The van der Waals surface area contributed by atoms with Gasteiger partial charge in [0.05, 0.1) is 25.5 Å². The lowest BCUT2D eigenvalue weighted by Gasteiger charge is -2.11. The van der Waals surface area contributed by atoms with Gasteiger partial charge in [-0.05, 0) is 49.7 Å². The zero-order chi connectivity index (χ0) is 25.4. The predicted octanol–water partition coefficient (Wildman–Crippen LogP) is 3.36. The van der Waals surface area contributed by atoms with E-state index in [-0.39, 0.29) is 37.7 Å². The number of nitrogens with one attached hydrogen (secondary N) is 1. The first-order valence-corrected chi connectivity index (χ1v) is 11.2. The lowest BCUT2D eigenvalue weighted by molar-refractivity contribution is -0.142. The van der Waals surface area contributed by atoms with Gasteiger partial charge < -0.3 is 19.4 Å². The lowest BCUT2D eigenvalue weighted by atomic mass is 10.1. The molecule has 2 aromatic carbocycles. The fraction of sp³-hybridized carbons (Fsp3) is 0.259. The Hall–Kier alpha value is -4.20. The Morgan fingerprint density at radius 1 is 0.943 bits per heavy atom. The van der Waals surface area contributed by atoms with Crippen molar-refractivity contribution in [3.8, 4) is 5.69 Å². The summed E-state index contributed by atoms with van der Waals surface area (Å²) in [5.74, 6) is -1.50. The number of esters is 2. The summed E-state index contributed by atoms with van der Waals surface area (Å²) in [6.07, 6.45) is 0.203. The Bertz CT molecular complexity index is 1210. The molecule has 3 aromatic rings. The van der Waals surface area contributed by atoms with E-state index in [1.54, 1.807) is 37.3 Å². The fourth-order valence-electron chi connectivity index (χ4n) is 3.75. The number of nitrogens with zero attached hydrogens (tertiary/aromatic N) is 1. The first-order valence-electron chi connectivity index (χ1n) is 11.2. The molecule has 0 unspecified atom stereocenters. The summed E-state index contributed by atoms with van der Waals surface area (Å²) in [6.45, 7) is 3.41. The van der Waals surface area contributed by atoms with E-state index in [2.05, 4.69) is 5.32 Å². The lowest BCUT2D eigenvalue weighted by Crippen LogP contribution is -2.28. The van der Waals surface area contributed by atoms with E-state index in [4.69, 9.17) is 9.47 Å². The molecule has 182 valence electrons. The van der Waals surface area contributed by atoms with Crippen molar-refractivity contribution in [3.05, 3.63) is 88.7 Å². The molecule has 0 atom stereocenters. The zero-order valence-electron chi connectivity index (χ0n) is 20.0. The molecule has 3 rings (SSSR count). The topological polar surface area (TPSA) is 104 Å². The molecule has 0 saturated heterocycles. The second-order valence-corrected chi connectivity index (χ2v) is 8.00. The van der Waals surface area contributed by atoms with Crippen LogP contribution in [0.1, 0.15) is 44.1 Å². The standard InChI is InChI=1S/C27H28N2O6/c1-18-15-23(19(2)29(18)22-11-9-21(10-12-22)27(33)34-3)24(30)17-35-26(32)13-14-28-25(31)16-20-7-5-4-6-8-20/h4-12,15H,13-14,16-17H2,1-3H3,(H,28,31). The van der Waals surface area contributed by atoms with Gasteiger partial charge >= 0.3 is 11.9 Å². The second-order valence-electron chi connectivity index (χ2n) is 8.00. The number of hydrogen-bond donors (Lipinski definition) is 1. The van der Waals surface area contributed by atoms with Crippen molar-refractivity contribution < 1.29 is 28.7 Å². The maximum absolute atomic E-state index is 12.7. The Labute approximate surface area is 203 Å². The molecular weight excluding hydrogens is 448 g/mol. The highest BCUT2D eigenvalue weighted by atomic mass is 16.5. The molecular formula is C27H28N2O6. The van der Waals surface area contributed by atoms with Gasteiger partial charge in [-0.1, -0.05) is 30.3 Å². The third kappa shape index (κ3) is 6.66. The van der Waals surface area contributed by atoms with Gasteiger partial charge in [0.2, 0.25) is 11.7 Å². The van der Waals surface area contributed by atoms with Gasteiger partial charge in [0, 0.05) is 29.2 Å². The van der Waals surface area contributed by atoms with E-state index in [9.17, 15) is 19.2 Å². The van der Waals surface area contributed by atoms with Crippen molar-refractivity contribution in [2.45, 2.75) is 26.7 Å². The number of aromatic nitrogens is 1. The first-order chi connectivity index (χ1) is 16.8. The van der Waals surface area contributed by atoms with E-state index >= 15 is 0 Å². The summed E-state index contributed by atoms with van der Waals surface area (Å²) in [6, 6.07) is 17.9. The van der Waals surface area contributed by atoms with Crippen LogP contribution in [-0.4, -0.2) is 48.5 Å². The Balaban J connectivity index is 1.51. The van der Waals surface area contributed by atoms with E-state index in [1.165, 1.54) is 7.11 Å². The average Bonchev–Trinajstić information content (AvgIpc) is 3.16. The predicted molar refractivity (Wildman–Crippen MR) is 130 cm³/mol. The van der Waals surface area contributed by atoms with Crippen LogP contribution in [-0.2, 0) is 25.5 Å². The molecule has 0 fully saturated rings. The fourth-order valence-corrected chi connectivity index (χ4v) is 3.75. The third-order valence-electron chi connectivity index (χ3n) is 5.50. The van der Waals surface area contributed by atoms with Crippen molar-refractivity contribution in [2.75, 3.05) is 20.3 Å². The zero-order valence-corrected chi connectivity index (χ0v) is 20.0. The smallest absolute Gasteiger partial charge is 0.337 e. The molecule has 0 aliphatic carbocycles. The number of rotatable bonds is 10. The summed E-state index contributed by atoms with van der Waals surface area (Å²) in [5, 5.41) is 2.68. The number of ether oxygens (including phenoxy) is 2. The quantitative estimate of drug-likeness (QED) is 0.356. The molecule has 1 amide bonds. The number of Topliss-reactive ketones (excluding diaryl/α,β-unsaturated/α-hetero) is 1. The second kappa shape index (κ2) is 11.8. The van der Waals surface area contributed by atoms with Crippen molar-refractivity contribution in [3.63, 3.8) is 0 Å². The monoisotopic (exact) mass is 476 g/mol. The minimum atomic E-state index is -0.564. The van der Waals surface area contributed by atoms with Crippen LogP contribution in [0.3, 0.4) is 0 Å². The van der Waals surface area contributed by atoms with Crippen molar-refractivity contribution in [1.29, 1.82) is 0 Å². The van der Waals surface area contributed by atoms with Crippen LogP contribution in [0.5, 0.6) is 0 Å². The summed E-state index contributed by atoms with van der Waals surface area (Å²) >= 11 is 0. The van der Waals surface area contributed by atoms with E-state index in [1.807, 2.05) is 41.8 Å². The average molecular weight is 477 g/mol. The normalized spacial score (nSPS) is 10.5. The highest BCUT2D eigenvalue weighted by Crippen LogP contribution is 2.22. The van der Waals surface area contributed by atoms with Crippen molar-refractivity contribution in [1.82, 2.24) is 9.88 Å². The Kier molecular flexibility index (Phi) is 8.56. The van der Waals surface area contributed by atoms with E-state index in [0.717, 1.165) is 16.9 Å². The van der Waals surface area contributed by atoms with Crippen LogP contribution in [0.15, 0.2) is 60.7 Å². The summed E-state index contributed by atoms with van der Waals surface area (Å²) < 4.78 is 11.7. The van der Waals surface area contributed by atoms with Gasteiger partial charge in [0.25, 0.3) is 0 Å². The minimum absolute atomic E-state index is 0.0284. The number of ketones is 1. The van der Waals surface area contributed by atoms with E-state index < -0.39 is 11.9 Å². The number of benzene rings is 2. The number of amides is 1. The van der Waals surface area contributed by atoms with Crippen LogP contribution < -0.4 is 5.32 Å². The van der Waals surface area contributed by atoms with Crippen molar-refractivity contribution in [2.24, 2.45) is 0 Å². The van der Waals surface area contributed by atoms with Gasteiger partial charge in [0.1, 0.15) is 0 Å². The van der Waals surface area contributed by atoms with Crippen LogP contribution in [0.25, 0.3) is 5.69 Å². The highest BCUT2D eigenvalue weighted by Gasteiger charge is 2.18. The summed E-state index contributed by atoms with van der Waals surface area (Å²) in [4.78, 5) is 48.4.